The summed E-state index contributed by atoms with van der Waals surface area (Å²) in [7, 11) is 0. The first-order valence-corrected chi connectivity index (χ1v) is 2.44. The van der Waals surface area contributed by atoms with Crippen LogP contribution in [0.1, 0.15) is 6.92 Å². The summed E-state index contributed by atoms with van der Waals surface area (Å²) in [6, 6.07) is 0. The van der Waals surface area contributed by atoms with Gasteiger partial charge in [0.15, 0.2) is 0 Å². The molecule has 0 aliphatic carbocycles. The Labute approximate surface area is 80.3 Å². The molecule has 0 heterocycles. The maximum atomic E-state index is 9.85. The van der Waals surface area contributed by atoms with Gasteiger partial charge in [-0.2, -0.15) is 0 Å². The van der Waals surface area contributed by atoms with Gasteiger partial charge in [-0.1, -0.05) is 6.92 Å². The minimum absolute atomic E-state index is 0. The van der Waals surface area contributed by atoms with E-state index in [1.54, 1.807) is 6.92 Å². The number of aliphatic hydroxyl groups is 2. The fourth-order valence-electron chi connectivity index (χ4n) is 0.322. The van der Waals surface area contributed by atoms with Gasteiger partial charge in [0, 0.05) is 0 Å². The number of hydrogen-bond donors (Lipinski definition) is 4. The summed E-state index contributed by atoms with van der Waals surface area (Å²) >= 11 is 0. The molecule has 0 saturated heterocycles. The molecule has 0 unspecified atom stereocenters. The Morgan fingerprint density at radius 3 is 2.10 bits per heavy atom. The summed E-state index contributed by atoms with van der Waals surface area (Å²) < 4.78 is 0. The van der Waals surface area contributed by atoms with E-state index in [1.807, 2.05) is 5.32 Å². The normalized spacial score (nSPS) is 10.3. The predicted octanol–water partition coefficient (Wildman–Crippen LogP) is -2.33. The van der Waals surface area contributed by atoms with Crippen molar-refractivity contribution in [2.75, 3.05) is 6.54 Å². The zero-order valence-corrected chi connectivity index (χ0v) is 4.96. The molecule has 0 atom stereocenters. The molecular weight excluding hydrogens is 149 g/mol. The molecule has 10 heavy (non-hydrogen) atoms. The quantitative estimate of drug-likeness (QED) is 0.274. The first-order valence-electron chi connectivity index (χ1n) is 2.44. The van der Waals surface area contributed by atoms with Gasteiger partial charge in [-0.3, -0.25) is 5.32 Å². The second-order valence-corrected chi connectivity index (χ2v) is 1.51. The van der Waals surface area contributed by atoms with Crippen molar-refractivity contribution in [3.05, 3.63) is 0 Å². The Hall–Kier alpha value is 0.350. The SMILES string of the molecule is CCNC(O)(O)C(=O)O.[NaH]. The van der Waals surface area contributed by atoms with Gasteiger partial charge in [0.25, 0.3) is 0 Å². The maximum absolute atomic E-state index is 9.85. The molecular formula is C4H10NNaO4. The van der Waals surface area contributed by atoms with E-state index in [9.17, 15) is 4.79 Å². The van der Waals surface area contributed by atoms with Crippen molar-refractivity contribution in [2.45, 2.75) is 12.8 Å². The molecule has 0 aromatic heterocycles. The molecule has 0 spiro atoms. The van der Waals surface area contributed by atoms with E-state index >= 15 is 0 Å². The molecule has 0 radical (unpaired) electrons. The number of nitrogens with one attached hydrogen (secondary N) is 1. The first kappa shape index (κ1) is 13.0. The molecule has 0 rings (SSSR count). The van der Waals surface area contributed by atoms with Crippen LogP contribution in [0.3, 0.4) is 0 Å². The molecule has 0 aliphatic heterocycles. The number of rotatable bonds is 3. The van der Waals surface area contributed by atoms with Crippen molar-refractivity contribution >= 4 is 35.5 Å². The number of carboxylic acid groups (broad SMARTS) is 1. The van der Waals surface area contributed by atoms with Crippen molar-refractivity contribution in [3.8, 4) is 0 Å². The topological polar surface area (TPSA) is 89.8 Å². The van der Waals surface area contributed by atoms with E-state index in [1.165, 1.54) is 0 Å². The molecule has 0 aromatic rings. The van der Waals surface area contributed by atoms with Crippen LogP contribution in [0.25, 0.3) is 0 Å². The Morgan fingerprint density at radius 1 is 1.60 bits per heavy atom. The fraction of sp³-hybridized carbons (Fsp3) is 0.750. The van der Waals surface area contributed by atoms with Crippen LogP contribution < -0.4 is 5.32 Å². The second-order valence-electron chi connectivity index (χ2n) is 1.51. The molecule has 0 aliphatic rings. The van der Waals surface area contributed by atoms with Crippen LogP contribution in [0.2, 0.25) is 0 Å². The fourth-order valence-corrected chi connectivity index (χ4v) is 0.322. The second kappa shape index (κ2) is 5.06. The third-order valence-electron chi connectivity index (χ3n) is 0.721. The molecule has 0 saturated carbocycles. The molecule has 0 fully saturated rings. The van der Waals surface area contributed by atoms with Crippen molar-refractivity contribution in [3.63, 3.8) is 0 Å². The summed E-state index contributed by atoms with van der Waals surface area (Å²) in [5.74, 6) is -4.49. The third kappa shape index (κ3) is 4.21. The van der Waals surface area contributed by atoms with E-state index in [-0.39, 0.29) is 36.1 Å². The Morgan fingerprint density at radius 2 is 2.00 bits per heavy atom. The predicted molar refractivity (Wildman–Crippen MR) is 35.6 cm³/mol. The molecule has 0 amide bonds. The van der Waals surface area contributed by atoms with Crippen LogP contribution in [-0.4, -0.2) is 63.3 Å². The van der Waals surface area contributed by atoms with Gasteiger partial charge in [-0.05, 0) is 6.54 Å². The molecule has 6 heteroatoms. The van der Waals surface area contributed by atoms with E-state index in [0.29, 0.717) is 0 Å². The summed E-state index contributed by atoms with van der Waals surface area (Å²) in [5, 5.41) is 26.8. The Kier molecular flexibility index (Phi) is 6.57. The van der Waals surface area contributed by atoms with Gasteiger partial charge < -0.3 is 15.3 Å². The number of aliphatic carboxylic acids is 1. The van der Waals surface area contributed by atoms with Crippen LogP contribution in [0.5, 0.6) is 0 Å². The van der Waals surface area contributed by atoms with Crippen LogP contribution in [0.15, 0.2) is 0 Å². The molecule has 5 nitrogen and oxygen atoms in total. The Balaban J connectivity index is 0. The van der Waals surface area contributed by atoms with Gasteiger partial charge in [-0.25, -0.2) is 4.79 Å². The van der Waals surface area contributed by atoms with E-state index in [4.69, 9.17) is 15.3 Å². The average molecular weight is 159 g/mol. The average Bonchev–Trinajstić information content (AvgIpc) is 1.65. The van der Waals surface area contributed by atoms with Crippen molar-refractivity contribution in [1.29, 1.82) is 0 Å². The molecule has 56 valence electrons. The van der Waals surface area contributed by atoms with Gasteiger partial charge in [0.2, 0.25) is 0 Å². The molecule has 0 aromatic carbocycles. The number of hydrogen-bond acceptors (Lipinski definition) is 4. The summed E-state index contributed by atoms with van der Waals surface area (Å²) in [4.78, 5) is 9.85. The van der Waals surface area contributed by atoms with Crippen LogP contribution in [0, 0.1) is 0 Å². The standard InChI is InChI=1S/C4H9NO4.Na.H/c1-2-5-4(8,9)3(6)7;;/h5,8-9H,2H2,1H3,(H,6,7);;. The van der Waals surface area contributed by atoms with Crippen LogP contribution in [0.4, 0.5) is 0 Å². The summed E-state index contributed by atoms with van der Waals surface area (Å²) in [6.07, 6.45) is 0. The van der Waals surface area contributed by atoms with Crippen molar-refractivity contribution in [2.24, 2.45) is 0 Å². The van der Waals surface area contributed by atoms with Crippen LogP contribution in [-0.2, 0) is 4.79 Å². The summed E-state index contributed by atoms with van der Waals surface area (Å²) in [6.45, 7) is 1.74. The monoisotopic (exact) mass is 159 g/mol. The molecule has 4 N–H and O–H groups in total. The zero-order valence-electron chi connectivity index (χ0n) is 4.96. The summed E-state index contributed by atoms with van der Waals surface area (Å²) in [5.41, 5.74) is 0. The Bertz CT molecular complexity index is 116. The van der Waals surface area contributed by atoms with E-state index in [2.05, 4.69) is 0 Å². The number of carbonyl (C=O) groups is 1. The molecule has 0 bridgehead atoms. The van der Waals surface area contributed by atoms with E-state index < -0.39 is 11.9 Å². The van der Waals surface area contributed by atoms with Gasteiger partial charge in [-0.15, -0.1) is 0 Å². The number of carboxylic acids is 1. The van der Waals surface area contributed by atoms with Crippen molar-refractivity contribution < 1.29 is 20.1 Å². The first-order chi connectivity index (χ1) is 4.00. The van der Waals surface area contributed by atoms with Gasteiger partial charge >= 0.3 is 41.4 Å². The van der Waals surface area contributed by atoms with Crippen LogP contribution >= 0.6 is 0 Å². The van der Waals surface area contributed by atoms with Crippen molar-refractivity contribution in [1.82, 2.24) is 5.32 Å². The number of likely N-dealkylation sites (N-methyl/N-ethyl adjacent to an activating group) is 1. The zero-order chi connectivity index (χ0) is 7.49. The minimum atomic E-state index is -2.78. The van der Waals surface area contributed by atoms with Gasteiger partial charge in [0.05, 0.1) is 0 Å². The van der Waals surface area contributed by atoms with Gasteiger partial charge in [0.1, 0.15) is 0 Å². The van der Waals surface area contributed by atoms with E-state index in [0.717, 1.165) is 0 Å². The third-order valence-corrected chi connectivity index (χ3v) is 0.721.